The van der Waals surface area contributed by atoms with Gasteiger partial charge in [-0.25, -0.2) is 9.59 Å². The third-order valence-corrected chi connectivity index (χ3v) is 5.59. The van der Waals surface area contributed by atoms with Crippen molar-refractivity contribution in [2.24, 2.45) is 0 Å². The summed E-state index contributed by atoms with van der Waals surface area (Å²) in [6, 6.07) is 24.7. The molecule has 2 N–H and O–H groups in total. The zero-order valence-corrected chi connectivity index (χ0v) is 19.9. The van der Waals surface area contributed by atoms with Gasteiger partial charge in [0.2, 0.25) is 5.91 Å². The number of imide groups is 1. The summed E-state index contributed by atoms with van der Waals surface area (Å²) in [4.78, 5) is 48.6. The van der Waals surface area contributed by atoms with Gasteiger partial charge in [-0.3, -0.25) is 14.9 Å². The summed E-state index contributed by atoms with van der Waals surface area (Å²) in [7, 11) is 0. The van der Waals surface area contributed by atoms with E-state index in [4.69, 9.17) is 14.2 Å². The van der Waals surface area contributed by atoms with Gasteiger partial charge in [0.1, 0.15) is 25.0 Å². The van der Waals surface area contributed by atoms with E-state index in [1.807, 2.05) is 48.5 Å². The van der Waals surface area contributed by atoms with Crippen LogP contribution < -0.4 is 15.4 Å². The van der Waals surface area contributed by atoms with Crippen LogP contribution in [-0.4, -0.2) is 36.0 Å². The molecule has 0 unspecified atom stereocenters. The molecule has 0 aliphatic carbocycles. The van der Waals surface area contributed by atoms with Gasteiger partial charge in [-0.1, -0.05) is 72.8 Å². The number of alkyl carbamates (subject to hydrolysis) is 1. The first-order chi connectivity index (χ1) is 18.0. The van der Waals surface area contributed by atoms with Crippen molar-refractivity contribution in [2.75, 3.05) is 0 Å². The summed E-state index contributed by atoms with van der Waals surface area (Å²) in [6.45, 7) is 0.424. The van der Waals surface area contributed by atoms with Crippen molar-refractivity contribution in [1.29, 1.82) is 0 Å². The number of carbonyl (C=O) groups excluding carboxylic acids is 4. The van der Waals surface area contributed by atoms with Crippen molar-refractivity contribution in [2.45, 2.75) is 38.2 Å². The number of benzene rings is 3. The lowest BCUT2D eigenvalue weighted by Gasteiger charge is -2.19. The fourth-order valence-electron chi connectivity index (χ4n) is 3.65. The summed E-state index contributed by atoms with van der Waals surface area (Å²) in [5.74, 6) is -1.43. The molecule has 1 aliphatic rings. The van der Waals surface area contributed by atoms with Crippen molar-refractivity contribution in [1.82, 2.24) is 10.6 Å². The maximum atomic E-state index is 12.9. The molecule has 9 heteroatoms. The van der Waals surface area contributed by atoms with Gasteiger partial charge in [0.05, 0.1) is 6.42 Å². The number of amides is 3. The Morgan fingerprint density at radius 3 is 2.05 bits per heavy atom. The molecule has 1 aliphatic heterocycles. The summed E-state index contributed by atoms with van der Waals surface area (Å²) in [6.07, 6.45) is -2.25. The van der Waals surface area contributed by atoms with E-state index in [0.29, 0.717) is 17.9 Å². The number of esters is 1. The molecule has 0 aromatic heterocycles. The zero-order valence-electron chi connectivity index (χ0n) is 19.9. The molecule has 1 heterocycles. The minimum Gasteiger partial charge on any atom is -0.489 e. The lowest BCUT2D eigenvalue weighted by atomic mass is 10.1. The van der Waals surface area contributed by atoms with Crippen LogP contribution in [0.15, 0.2) is 84.9 Å². The molecule has 4 rings (SSSR count). The van der Waals surface area contributed by atoms with E-state index in [0.717, 1.165) is 11.1 Å². The highest BCUT2D eigenvalue weighted by atomic mass is 16.6. The predicted octanol–water partition coefficient (Wildman–Crippen LogP) is 3.06. The summed E-state index contributed by atoms with van der Waals surface area (Å²) in [5, 5.41) is 4.60. The molecule has 37 heavy (non-hydrogen) atoms. The Morgan fingerprint density at radius 2 is 1.46 bits per heavy atom. The van der Waals surface area contributed by atoms with Crippen LogP contribution in [0, 0.1) is 0 Å². The van der Waals surface area contributed by atoms with E-state index in [9.17, 15) is 19.2 Å². The maximum Gasteiger partial charge on any atom is 0.408 e. The first-order valence-electron chi connectivity index (χ1n) is 11.7. The molecule has 3 aromatic carbocycles. The predicted molar refractivity (Wildman–Crippen MR) is 132 cm³/mol. The third-order valence-electron chi connectivity index (χ3n) is 5.59. The van der Waals surface area contributed by atoms with Crippen LogP contribution in [-0.2, 0) is 43.5 Å². The van der Waals surface area contributed by atoms with Gasteiger partial charge in [0.15, 0.2) is 6.10 Å². The molecule has 9 nitrogen and oxygen atoms in total. The van der Waals surface area contributed by atoms with Crippen molar-refractivity contribution < 1.29 is 33.4 Å². The normalized spacial score (nSPS) is 15.4. The van der Waals surface area contributed by atoms with Crippen LogP contribution >= 0.6 is 0 Å². The average Bonchev–Trinajstić information content (AvgIpc) is 3.23. The Hall–Kier alpha value is -4.66. The van der Waals surface area contributed by atoms with E-state index in [2.05, 4.69) is 10.6 Å². The van der Waals surface area contributed by atoms with Gasteiger partial charge in [-0.05, 0) is 28.8 Å². The second-order valence-corrected chi connectivity index (χ2v) is 8.42. The van der Waals surface area contributed by atoms with Crippen LogP contribution in [0.25, 0.3) is 0 Å². The number of hydrogen-bond donors (Lipinski definition) is 2. The van der Waals surface area contributed by atoms with E-state index in [1.54, 1.807) is 36.4 Å². The molecule has 0 bridgehead atoms. The van der Waals surface area contributed by atoms with Gasteiger partial charge < -0.3 is 19.5 Å². The van der Waals surface area contributed by atoms with Gasteiger partial charge in [0, 0.05) is 6.42 Å². The van der Waals surface area contributed by atoms with Gasteiger partial charge in [0.25, 0.3) is 5.91 Å². The molecule has 3 aromatic rings. The Kier molecular flexibility index (Phi) is 8.49. The maximum absolute atomic E-state index is 12.9. The molecule has 3 amide bonds. The van der Waals surface area contributed by atoms with E-state index in [-0.39, 0.29) is 19.4 Å². The summed E-state index contributed by atoms with van der Waals surface area (Å²) in [5.41, 5.74) is 2.52. The van der Waals surface area contributed by atoms with Crippen LogP contribution in [0.4, 0.5) is 4.79 Å². The highest BCUT2D eigenvalue weighted by Crippen LogP contribution is 2.17. The van der Waals surface area contributed by atoms with Crippen molar-refractivity contribution in [3.63, 3.8) is 0 Å². The number of hydrogen-bond acceptors (Lipinski definition) is 7. The monoisotopic (exact) mass is 502 g/mol. The minimum atomic E-state index is -1.24. The second kappa shape index (κ2) is 12.3. The molecule has 0 spiro atoms. The van der Waals surface area contributed by atoms with Crippen molar-refractivity contribution >= 4 is 23.9 Å². The Balaban J connectivity index is 1.38. The minimum absolute atomic E-state index is 0.0153. The second-order valence-electron chi connectivity index (χ2n) is 8.42. The van der Waals surface area contributed by atoms with Crippen molar-refractivity contribution in [3.8, 4) is 5.75 Å². The highest BCUT2D eigenvalue weighted by Gasteiger charge is 2.36. The largest absolute Gasteiger partial charge is 0.489 e. The fourth-order valence-corrected chi connectivity index (χ4v) is 3.65. The molecule has 190 valence electrons. The SMILES string of the molecule is O=C1C[C@H](OC(=O)[C@@H](Cc2ccc(OCc3ccccc3)cc2)NC(=O)OCc2ccccc2)C(=O)N1. The molecular weight excluding hydrogens is 476 g/mol. The summed E-state index contributed by atoms with van der Waals surface area (Å²) < 4.78 is 16.3. The van der Waals surface area contributed by atoms with E-state index < -0.39 is 36.0 Å². The van der Waals surface area contributed by atoms with Crippen LogP contribution in [0.3, 0.4) is 0 Å². The third kappa shape index (κ3) is 7.66. The Bertz CT molecular complexity index is 1230. The number of ether oxygens (including phenoxy) is 3. The molecule has 2 atom stereocenters. The quantitative estimate of drug-likeness (QED) is 0.323. The summed E-state index contributed by atoms with van der Waals surface area (Å²) >= 11 is 0. The van der Waals surface area contributed by atoms with Crippen molar-refractivity contribution in [3.05, 3.63) is 102 Å². The van der Waals surface area contributed by atoms with E-state index in [1.165, 1.54) is 0 Å². The lowest BCUT2D eigenvalue weighted by molar-refractivity contribution is -0.156. The Morgan fingerprint density at radius 1 is 0.838 bits per heavy atom. The Labute approximate surface area is 213 Å². The first kappa shape index (κ1) is 25.4. The fraction of sp³-hybridized carbons (Fsp3) is 0.214. The molecule has 1 fully saturated rings. The van der Waals surface area contributed by atoms with Gasteiger partial charge in [-0.15, -0.1) is 0 Å². The van der Waals surface area contributed by atoms with Gasteiger partial charge in [-0.2, -0.15) is 0 Å². The molecule has 0 saturated carbocycles. The number of carbonyl (C=O) groups is 4. The average molecular weight is 503 g/mol. The zero-order chi connectivity index (χ0) is 26.0. The topological polar surface area (TPSA) is 120 Å². The number of rotatable bonds is 10. The molecular formula is C28H26N2O7. The van der Waals surface area contributed by atoms with Crippen LogP contribution in [0.2, 0.25) is 0 Å². The lowest BCUT2D eigenvalue weighted by Crippen LogP contribution is -2.45. The first-order valence-corrected chi connectivity index (χ1v) is 11.7. The highest BCUT2D eigenvalue weighted by molar-refractivity contribution is 6.05. The number of nitrogens with one attached hydrogen (secondary N) is 2. The van der Waals surface area contributed by atoms with E-state index >= 15 is 0 Å². The standard InChI is InChI=1S/C28H26N2O7/c31-25-16-24(26(32)30-25)37-27(33)23(29-28(34)36-18-21-9-5-2-6-10-21)15-19-11-13-22(14-12-19)35-17-20-7-3-1-4-8-20/h1-14,23-24H,15-18H2,(H,29,34)(H,30,31,32)/t23-,24+/m1/s1. The molecule has 1 saturated heterocycles. The smallest absolute Gasteiger partial charge is 0.408 e. The molecule has 0 radical (unpaired) electrons. The van der Waals surface area contributed by atoms with Crippen LogP contribution in [0.5, 0.6) is 5.75 Å². The van der Waals surface area contributed by atoms with Crippen LogP contribution in [0.1, 0.15) is 23.1 Å². The van der Waals surface area contributed by atoms with Gasteiger partial charge >= 0.3 is 12.1 Å².